The second-order valence-electron chi connectivity index (χ2n) is 9.51. The highest BCUT2D eigenvalue weighted by Gasteiger charge is 2.61. The summed E-state index contributed by atoms with van der Waals surface area (Å²) in [7, 11) is 4.72. The monoisotopic (exact) mass is 619 g/mol. The number of thioether (sulfide) groups is 3. The van der Waals surface area contributed by atoms with Crippen LogP contribution in [0, 0.1) is 0 Å². The predicted octanol–water partition coefficient (Wildman–Crippen LogP) is 4.40. The van der Waals surface area contributed by atoms with Crippen LogP contribution in [0.1, 0.15) is 39.2 Å². The van der Waals surface area contributed by atoms with E-state index < -0.39 is 33.5 Å². The number of ether oxygens (including phenoxy) is 4. The lowest BCUT2D eigenvalue weighted by atomic mass is 9.83. The van der Waals surface area contributed by atoms with Gasteiger partial charge >= 0.3 is 23.9 Å². The van der Waals surface area contributed by atoms with E-state index in [1.807, 2.05) is 32.9 Å². The molecule has 3 aliphatic heterocycles. The number of nitrogens with zero attached hydrogens (tertiary/aromatic N) is 1. The van der Waals surface area contributed by atoms with E-state index in [1.54, 1.807) is 17.0 Å². The van der Waals surface area contributed by atoms with Crippen molar-refractivity contribution in [3.8, 4) is 0 Å². The molecule has 0 fully saturated rings. The number of benzene rings is 1. The van der Waals surface area contributed by atoms with Gasteiger partial charge in [0.15, 0.2) is 0 Å². The molecule has 0 atom stereocenters. The average molecular weight is 620 g/mol. The number of fused-ring (bicyclic) bond motifs is 3. The van der Waals surface area contributed by atoms with E-state index in [-0.39, 0.29) is 32.6 Å². The summed E-state index contributed by atoms with van der Waals surface area (Å²) in [6, 6.07) is 7.21. The van der Waals surface area contributed by atoms with E-state index in [9.17, 15) is 24.0 Å². The Bertz CT molecular complexity index is 1430. The lowest BCUT2D eigenvalue weighted by Crippen LogP contribution is -2.53. The number of amides is 1. The Morgan fingerprint density at radius 3 is 1.80 bits per heavy atom. The van der Waals surface area contributed by atoms with Gasteiger partial charge in [0.1, 0.15) is 18.8 Å². The number of para-hydroxylation sites is 1. The van der Waals surface area contributed by atoms with Gasteiger partial charge in [0, 0.05) is 22.5 Å². The van der Waals surface area contributed by atoms with E-state index >= 15 is 0 Å². The molecule has 1 aromatic carbocycles. The molecule has 1 aromatic rings. The topological polar surface area (TPSA) is 126 Å². The van der Waals surface area contributed by atoms with Crippen molar-refractivity contribution in [2.24, 2.45) is 0 Å². The minimum atomic E-state index is -1.59. The molecule has 0 N–H and O–H groups in total. The van der Waals surface area contributed by atoms with Crippen LogP contribution in [-0.4, -0.2) is 67.8 Å². The molecular weight excluding hydrogens is 591 g/mol. The van der Waals surface area contributed by atoms with Crippen molar-refractivity contribution < 1.29 is 42.9 Å². The summed E-state index contributed by atoms with van der Waals surface area (Å²) < 4.78 is 18.7. The molecule has 4 rings (SSSR count). The molecule has 0 radical (unpaired) electrons. The Hall–Kier alpha value is -3.16. The quantitative estimate of drug-likeness (QED) is 0.331. The van der Waals surface area contributed by atoms with Crippen LogP contribution >= 0.6 is 35.3 Å². The number of carbonyl (C=O) groups excluding carboxylic acids is 5. The fourth-order valence-electron chi connectivity index (χ4n) is 5.04. The summed E-state index contributed by atoms with van der Waals surface area (Å²) in [6.45, 7) is 5.62. The van der Waals surface area contributed by atoms with E-state index in [2.05, 4.69) is 0 Å². The van der Waals surface area contributed by atoms with E-state index in [4.69, 9.17) is 18.9 Å². The van der Waals surface area contributed by atoms with Crippen molar-refractivity contribution in [3.05, 3.63) is 55.0 Å². The van der Waals surface area contributed by atoms with Crippen molar-refractivity contribution in [1.29, 1.82) is 0 Å². The van der Waals surface area contributed by atoms with Gasteiger partial charge in [-0.25, -0.2) is 19.2 Å². The minimum Gasteiger partial charge on any atom is -0.466 e. The van der Waals surface area contributed by atoms with Crippen LogP contribution in [0.5, 0.6) is 0 Å². The van der Waals surface area contributed by atoms with Gasteiger partial charge in [0.05, 0.1) is 45.2 Å². The van der Waals surface area contributed by atoms with E-state index in [1.165, 1.54) is 28.4 Å². The summed E-state index contributed by atoms with van der Waals surface area (Å²) in [5, 5.41) is 0. The first kappa shape index (κ1) is 30.8. The first-order valence-corrected chi connectivity index (χ1v) is 15.0. The maximum Gasteiger partial charge on any atom is 0.345 e. The Labute approximate surface area is 250 Å². The highest BCUT2D eigenvalue weighted by atomic mass is 32.2. The SMILES string of the molecule is CCCC(=O)N1c2ccccc2C2=C(SC(C(=O)OC)=C(C(=O)OC)C23SC(C(=O)OC)=C(C(=O)OC)S3)C1(C)C. The first-order valence-electron chi connectivity index (χ1n) is 12.5. The van der Waals surface area contributed by atoms with Crippen LogP contribution in [0.25, 0.3) is 5.57 Å². The summed E-state index contributed by atoms with van der Waals surface area (Å²) in [5.74, 6) is -3.41. The summed E-state index contributed by atoms with van der Waals surface area (Å²) in [4.78, 5) is 68.5. The van der Waals surface area contributed by atoms with Crippen LogP contribution in [-0.2, 0) is 42.9 Å². The minimum absolute atomic E-state index is 0.0798. The molecule has 10 nitrogen and oxygen atoms in total. The molecule has 0 aliphatic carbocycles. The van der Waals surface area contributed by atoms with E-state index in [0.29, 0.717) is 28.1 Å². The number of methoxy groups -OCH3 is 4. The maximum absolute atomic E-state index is 13.6. The Kier molecular flexibility index (Phi) is 8.72. The summed E-state index contributed by atoms with van der Waals surface area (Å²) >= 11 is 2.81. The molecule has 3 heterocycles. The van der Waals surface area contributed by atoms with Crippen molar-refractivity contribution in [1.82, 2.24) is 0 Å². The normalized spacial score (nSPS) is 18.6. The number of carbonyl (C=O) groups is 5. The standard InChI is InChI=1S/C28H29NO9S3/c1-8-11-16(30)29-15-13-10-9-12-14(15)17-22(27(29,2)3)39-19(24(32)36-5)18(23(31)35-4)28(17)40-20(25(33)37-6)21(41-28)26(34)38-7/h9-10,12-13H,8,11H2,1-7H3. The van der Waals surface area contributed by atoms with Gasteiger partial charge in [-0.05, 0) is 26.3 Å². The van der Waals surface area contributed by atoms with Gasteiger partial charge in [0.25, 0.3) is 0 Å². The van der Waals surface area contributed by atoms with Crippen molar-refractivity contribution in [2.75, 3.05) is 33.3 Å². The number of hydrogen-bond donors (Lipinski definition) is 0. The summed E-state index contributed by atoms with van der Waals surface area (Å²) in [5.41, 5.74) is 0.610. The lowest BCUT2D eigenvalue weighted by Gasteiger charge is -2.50. The van der Waals surface area contributed by atoms with Crippen LogP contribution in [0.3, 0.4) is 0 Å². The number of esters is 4. The molecule has 13 heteroatoms. The second-order valence-corrected chi connectivity index (χ2v) is 13.2. The summed E-state index contributed by atoms with van der Waals surface area (Å²) in [6.07, 6.45) is 0.907. The molecule has 0 bridgehead atoms. The Morgan fingerprint density at radius 2 is 1.29 bits per heavy atom. The molecule has 41 heavy (non-hydrogen) atoms. The average Bonchev–Trinajstić information content (AvgIpc) is 3.35. The number of hydrogen-bond acceptors (Lipinski definition) is 12. The van der Waals surface area contributed by atoms with Gasteiger partial charge in [0.2, 0.25) is 5.91 Å². The fraction of sp³-hybridized carbons (Fsp3) is 0.393. The van der Waals surface area contributed by atoms with Crippen LogP contribution in [0.4, 0.5) is 5.69 Å². The smallest absolute Gasteiger partial charge is 0.345 e. The third kappa shape index (κ3) is 4.77. The Morgan fingerprint density at radius 1 is 0.780 bits per heavy atom. The molecule has 0 aromatic heterocycles. The van der Waals surface area contributed by atoms with Crippen molar-refractivity contribution >= 4 is 76.3 Å². The van der Waals surface area contributed by atoms with E-state index in [0.717, 1.165) is 35.3 Å². The van der Waals surface area contributed by atoms with Crippen molar-refractivity contribution in [2.45, 2.75) is 43.2 Å². The van der Waals surface area contributed by atoms with Gasteiger partial charge in [-0.3, -0.25) is 4.79 Å². The van der Waals surface area contributed by atoms with Gasteiger partial charge < -0.3 is 23.8 Å². The molecule has 1 spiro atoms. The highest BCUT2D eigenvalue weighted by Crippen LogP contribution is 2.71. The molecule has 218 valence electrons. The zero-order chi connectivity index (χ0) is 30.3. The molecule has 0 saturated heterocycles. The fourth-order valence-corrected chi connectivity index (χ4v) is 10.1. The third-order valence-electron chi connectivity index (χ3n) is 6.76. The number of rotatable bonds is 6. The number of anilines is 1. The second kappa shape index (κ2) is 11.6. The van der Waals surface area contributed by atoms with Crippen LogP contribution in [0.2, 0.25) is 0 Å². The van der Waals surface area contributed by atoms with Gasteiger partial charge in [-0.1, -0.05) is 60.4 Å². The maximum atomic E-state index is 13.6. The van der Waals surface area contributed by atoms with Crippen LogP contribution < -0.4 is 4.90 Å². The highest BCUT2D eigenvalue weighted by molar-refractivity contribution is 8.26. The van der Waals surface area contributed by atoms with Crippen LogP contribution in [0.15, 0.2) is 49.5 Å². The predicted molar refractivity (Wildman–Crippen MR) is 157 cm³/mol. The molecular formula is C28H29NO9S3. The zero-order valence-electron chi connectivity index (χ0n) is 23.6. The molecule has 0 unspecified atom stereocenters. The molecule has 3 aliphatic rings. The first-order chi connectivity index (χ1) is 19.4. The lowest BCUT2D eigenvalue weighted by molar-refractivity contribution is -0.138. The Balaban J connectivity index is 2.15. The molecule has 0 saturated carbocycles. The van der Waals surface area contributed by atoms with Gasteiger partial charge in [-0.15, -0.1) is 0 Å². The largest absolute Gasteiger partial charge is 0.466 e. The van der Waals surface area contributed by atoms with Gasteiger partial charge in [-0.2, -0.15) is 0 Å². The molecule has 1 amide bonds. The zero-order valence-corrected chi connectivity index (χ0v) is 26.0. The third-order valence-corrected chi connectivity index (χ3v) is 11.4. The van der Waals surface area contributed by atoms with Crippen molar-refractivity contribution in [3.63, 3.8) is 0 Å².